The minimum atomic E-state index is 0.0219. The number of amides is 1. The minimum Gasteiger partial charge on any atom is -0.349 e. The van der Waals surface area contributed by atoms with E-state index < -0.39 is 0 Å². The van der Waals surface area contributed by atoms with E-state index in [1.807, 2.05) is 30.0 Å². The van der Waals surface area contributed by atoms with Crippen molar-refractivity contribution in [3.63, 3.8) is 0 Å². The van der Waals surface area contributed by atoms with Gasteiger partial charge in [-0.1, -0.05) is 6.92 Å². The maximum Gasteiger partial charge on any atom is 0.251 e. The number of hydrogen-bond acceptors (Lipinski definition) is 3. The standard InChI is InChI=1S/C15H19N3OS/c1-2-20-12-5-4-11(8-12)18-15(19)10-3-6-13-14(7-10)17-9-16-13/h3,6-7,9,11-12H,2,4-5,8H2,1H3,(H,16,17)(H,18,19)/t11-,12-/m1/s1. The number of fused-ring (bicyclic) bond motifs is 1. The predicted octanol–water partition coefficient (Wildman–Crippen LogP) is 2.97. The van der Waals surface area contributed by atoms with Gasteiger partial charge in [-0.2, -0.15) is 11.8 Å². The van der Waals surface area contributed by atoms with Crippen LogP contribution in [0.4, 0.5) is 0 Å². The number of H-pyrrole nitrogens is 1. The molecule has 1 fully saturated rings. The molecule has 1 aliphatic rings. The number of aromatic amines is 1. The Morgan fingerprint density at radius 2 is 2.40 bits per heavy atom. The topological polar surface area (TPSA) is 57.8 Å². The van der Waals surface area contributed by atoms with Crippen molar-refractivity contribution in [2.75, 3.05) is 5.75 Å². The highest BCUT2D eigenvalue weighted by Crippen LogP contribution is 2.29. The van der Waals surface area contributed by atoms with E-state index in [-0.39, 0.29) is 5.91 Å². The third kappa shape index (κ3) is 2.82. The first-order chi connectivity index (χ1) is 9.76. The maximum absolute atomic E-state index is 12.3. The fourth-order valence-corrected chi connectivity index (χ4v) is 3.95. The SMILES string of the molecule is CCS[C@@H]1CC[C@@H](NC(=O)c2ccc3nc[nH]c3c2)C1. The molecule has 1 aliphatic carbocycles. The van der Waals surface area contributed by atoms with E-state index in [2.05, 4.69) is 22.2 Å². The predicted molar refractivity (Wildman–Crippen MR) is 83.1 cm³/mol. The van der Waals surface area contributed by atoms with E-state index in [1.165, 1.54) is 6.42 Å². The minimum absolute atomic E-state index is 0.0219. The summed E-state index contributed by atoms with van der Waals surface area (Å²) in [5.74, 6) is 1.18. The lowest BCUT2D eigenvalue weighted by molar-refractivity contribution is 0.0938. The molecule has 2 N–H and O–H groups in total. The van der Waals surface area contributed by atoms with Crippen LogP contribution in [0.15, 0.2) is 24.5 Å². The summed E-state index contributed by atoms with van der Waals surface area (Å²) in [5, 5.41) is 3.86. The molecule has 0 spiro atoms. The van der Waals surface area contributed by atoms with Crippen molar-refractivity contribution in [3.8, 4) is 0 Å². The van der Waals surface area contributed by atoms with Crippen molar-refractivity contribution in [2.24, 2.45) is 0 Å². The van der Waals surface area contributed by atoms with Gasteiger partial charge in [-0.25, -0.2) is 4.98 Å². The summed E-state index contributed by atoms with van der Waals surface area (Å²) in [7, 11) is 0. The first-order valence-electron chi connectivity index (χ1n) is 7.12. The van der Waals surface area contributed by atoms with Gasteiger partial charge in [0.05, 0.1) is 17.4 Å². The molecule has 106 valence electrons. The lowest BCUT2D eigenvalue weighted by Gasteiger charge is -2.13. The Hall–Kier alpha value is -1.49. The third-order valence-corrected chi connectivity index (χ3v) is 5.04. The molecular weight excluding hydrogens is 270 g/mol. The second-order valence-corrected chi connectivity index (χ2v) is 6.77. The van der Waals surface area contributed by atoms with E-state index in [1.54, 1.807) is 6.33 Å². The second kappa shape index (κ2) is 5.87. The van der Waals surface area contributed by atoms with Gasteiger partial charge in [0.2, 0.25) is 0 Å². The normalized spacial score (nSPS) is 22.2. The van der Waals surface area contributed by atoms with Gasteiger partial charge in [-0.3, -0.25) is 4.79 Å². The van der Waals surface area contributed by atoms with Crippen LogP contribution in [-0.4, -0.2) is 32.9 Å². The summed E-state index contributed by atoms with van der Waals surface area (Å²) in [6.45, 7) is 2.19. The van der Waals surface area contributed by atoms with E-state index in [0.29, 0.717) is 16.9 Å². The Morgan fingerprint density at radius 1 is 1.50 bits per heavy atom. The molecular formula is C15H19N3OS. The number of carbonyl (C=O) groups is 1. The van der Waals surface area contributed by atoms with E-state index in [4.69, 9.17) is 0 Å². The van der Waals surface area contributed by atoms with Crippen LogP contribution in [0.3, 0.4) is 0 Å². The van der Waals surface area contributed by atoms with Gasteiger partial charge in [0.1, 0.15) is 0 Å². The molecule has 20 heavy (non-hydrogen) atoms. The Morgan fingerprint density at radius 3 is 3.25 bits per heavy atom. The molecule has 4 nitrogen and oxygen atoms in total. The number of benzene rings is 1. The number of imidazole rings is 1. The van der Waals surface area contributed by atoms with Gasteiger partial charge in [-0.15, -0.1) is 0 Å². The average molecular weight is 289 g/mol. The molecule has 1 aromatic heterocycles. The van der Waals surface area contributed by atoms with Gasteiger partial charge in [0.25, 0.3) is 5.91 Å². The first-order valence-corrected chi connectivity index (χ1v) is 8.16. The fourth-order valence-electron chi connectivity index (χ4n) is 2.80. The van der Waals surface area contributed by atoms with Crippen LogP contribution >= 0.6 is 11.8 Å². The fraction of sp³-hybridized carbons (Fsp3) is 0.467. The molecule has 1 amide bonds. The molecule has 3 rings (SSSR count). The summed E-state index contributed by atoms with van der Waals surface area (Å²) in [6, 6.07) is 5.91. The maximum atomic E-state index is 12.3. The highest BCUT2D eigenvalue weighted by molar-refractivity contribution is 7.99. The third-order valence-electron chi connectivity index (χ3n) is 3.80. The van der Waals surface area contributed by atoms with Crippen molar-refractivity contribution >= 4 is 28.7 Å². The van der Waals surface area contributed by atoms with Crippen LogP contribution in [0.25, 0.3) is 11.0 Å². The molecule has 2 atom stereocenters. The molecule has 1 saturated carbocycles. The summed E-state index contributed by atoms with van der Waals surface area (Å²) in [4.78, 5) is 19.5. The molecule has 0 bridgehead atoms. The Bertz CT molecular complexity index is 610. The summed E-state index contributed by atoms with van der Waals surface area (Å²) < 4.78 is 0. The lowest BCUT2D eigenvalue weighted by Crippen LogP contribution is -2.33. The number of rotatable bonds is 4. The smallest absolute Gasteiger partial charge is 0.251 e. The number of carbonyl (C=O) groups excluding carboxylic acids is 1. The average Bonchev–Trinajstić information content (AvgIpc) is 3.07. The molecule has 0 radical (unpaired) electrons. The zero-order valence-electron chi connectivity index (χ0n) is 11.6. The van der Waals surface area contributed by atoms with Crippen LogP contribution in [0.1, 0.15) is 36.5 Å². The highest BCUT2D eigenvalue weighted by Gasteiger charge is 2.26. The number of thioether (sulfide) groups is 1. The summed E-state index contributed by atoms with van der Waals surface area (Å²) in [5.41, 5.74) is 2.50. The monoisotopic (exact) mass is 289 g/mol. The van der Waals surface area contributed by atoms with E-state index >= 15 is 0 Å². The highest BCUT2D eigenvalue weighted by atomic mass is 32.2. The van der Waals surface area contributed by atoms with Crippen LogP contribution in [0.2, 0.25) is 0 Å². The summed E-state index contributed by atoms with van der Waals surface area (Å²) in [6.07, 6.45) is 5.05. The Labute approximate surface area is 122 Å². The largest absolute Gasteiger partial charge is 0.349 e. The molecule has 2 aromatic rings. The van der Waals surface area contributed by atoms with Crippen molar-refractivity contribution < 1.29 is 4.79 Å². The van der Waals surface area contributed by atoms with Gasteiger partial charge >= 0.3 is 0 Å². The zero-order chi connectivity index (χ0) is 13.9. The van der Waals surface area contributed by atoms with Crippen molar-refractivity contribution in [1.82, 2.24) is 15.3 Å². The number of nitrogens with one attached hydrogen (secondary N) is 2. The van der Waals surface area contributed by atoms with E-state index in [0.717, 1.165) is 29.6 Å². The molecule has 0 unspecified atom stereocenters. The van der Waals surface area contributed by atoms with Crippen LogP contribution in [0.5, 0.6) is 0 Å². The summed E-state index contributed by atoms with van der Waals surface area (Å²) >= 11 is 2.00. The van der Waals surface area contributed by atoms with Crippen molar-refractivity contribution in [2.45, 2.75) is 37.5 Å². The number of aromatic nitrogens is 2. The number of hydrogen-bond donors (Lipinski definition) is 2. The molecule has 1 aromatic carbocycles. The molecule has 0 saturated heterocycles. The van der Waals surface area contributed by atoms with Crippen LogP contribution in [0, 0.1) is 0 Å². The quantitative estimate of drug-likeness (QED) is 0.909. The van der Waals surface area contributed by atoms with Crippen LogP contribution in [-0.2, 0) is 0 Å². The Kier molecular flexibility index (Phi) is 3.96. The van der Waals surface area contributed by atoms with Crippen molar-refractivity contribution in [3.05, 3.63) is 30.1 Å². The van der Waals surface area contributed by atoms with Gasteiger partial charge in [0.15, 0.2) is 0 Å². The molecule has 1 heterocycles. The van der Waals surface area contributed by atoms with Crippen molar-refractivity contribution in [1.29, 1.82) is 0 Å². The molecule has 5 heteroatoms. The van der Waals surface area contributed by atoms with Crippen LogP contribution < -0.4 is 5.32 Å². The number of nitrogens with zero attached hydrogens (tertiary/aromatic N) is 1. The second-order valence-electron chi connectivity index (χ2n) is 5.20. The van der Waals surface area contributed by atoms with E-state index in [9.17, 15) is 4.79 Å². The first kappa shape index (κ1) is 13.5. The van der Waals surface area contributed by atoms with Gasteiger partial charge < -0.3 is 10.3 Å². The molecule has 0 aliphatic heterocycles. The van der Waals surface area contributed by atoms with Gasteiger partial charge in [0, 0.05) is 16.9 Å². The van der Waals surface area contributed by atoms with Gasteiger partial charge in [-0.05, 0) is 43.2 Å². The zero-order valence-corrected chi connectivity index (χ0v) is 12.4. The lowest BCUT2D eigenvalue weighted by atomic mass is 10.1. The Balaban J connectivity index is 1.64.